The Morgan fingerprint density at radius 3 is 2.18 bits per heavy atom. The SMILES string of the molecule is CC(N)(C#N)CCCOCC(F)(F)C(F)(F)F. The van der Waals surface area contributed by atoms with Crippen LogP contribution in [0.2, 0.25) is 0 Å². The van der Waals surface area contributed by atoms with Gasteiger partial charge in [-0.05, 0) is 19.8 Å². The second kappa shape index (κ2) is 5.60. The van der Waals surface area contributed by atoms with Gasteiger partial charge in [-0.2, -0.15) is 27.2 Å². The number of rotatable bonds is 6. The zero-order chi connectivity index (χ0) is 13.7. The van der Waals surface area contributed by atoms with Crippen molar-refractivity contribution in [2.24, 2.45) is 5.73 Å². The predicted molar refractivity (Wildman–Crippen MR) is 49.3 cm³/mol. The molecule has 0 saturated heterocycles. The molecular formula is C9H13F5N2O. The molecule has 1 unspecified atom stereocenters. The van der Waals surface area contributed by atoms with Gasteiger partial charge in [0, 0.05) is 6.61 Å². The van der Waals surface area contributed by atoms with Crippen LogP contribution in [0.25, 0.3) is 0 Å². The van der Waals surface area contributed by atoms with Gasteiger partial charge in [-0.15, -0.1) is 0 Å². The molecule has 0 aromatic rings. The summed E-state index contributed by atoms with van der Waals surface area (Å²) in [6.45, 7) is -0.595. The molecule has 100 valence electrons. The number of hydrogen-bond acceptors (Lipinski definition) is 3. The zero-order valence-corrected chi connectivity index (χ0v) is 9.15. The standard InChI is InChI=1S/C9H13F5N2O/c1-7(16,5-15)3-2-4-17-6-8(10,11)9(12,13)14/h2-4,6,16H2,1H3. The van der Waals surface area contributed by atoms with Crippen LogP contribution in [0.15, 0.2) is 0 Å². The molecule has 0 amide bonds. The Kier molecular flexibility index (Phi) is 5.29. The van der Waals surface area contributed by atoms with E-state index >= 15 is 0 Å². The summed E-state index contributed by atoms with van der Waals surface area (Å²) in [5.41, 5.74) is 4.28. The normalized spacial score (nSPS) is 16.4. The smallest absolute Gasteiger partial charge is 0.375 e. The Morgan fingerprint density at radius 1 is 1.24 bits per heavy atom. The Labute approximate surface area is 95.3 Å². The number of alkyl halides is 5. The largest absolute Gasteiger partial charge is 0.455 e. The van der Waals surface area contributed by atoms with Crippen molar-refractivity contribution in [1.82, 2.24) is 0 Å². The van der Waals surface area contributed by atoms with Crippen LogP contribution in [0.1, 0.15) is 19.8 Å². The molecule has 0 radical (unpaired) electrons. The van der Waals surface area contributed by atoms with Gasteiger partial charge in [0.25, 0.3) is 0 Å². The molecule has 0 aliphatic heterocycles. The molecule has 0 aromatic carbocycles. The van der Waals surface area contributed by atoms with Gasteiger partial charge in [-0.1, -0.05) is 0 Å². The van der Waals surface area contributed by atoms with Crippen LogP contribution in [0.3, 0.4) is 0 Å². The highest BCUT2D eigenvalue weighted by Crippen LogP contribution is 2.35. The molecule has 2 N–H and O–H groups in total. The van der Waals surface area contributed by atoms with E-state index in [0.717, 1.165) is 0 Å². The fourth-order valence-electron chi connectivity index (χ4n) is 0.880. The van der Waals surface area contributed by atoms with Crippen molar-refractivity contribution in [2.45, 2.75) is 37.4 Å². The van der Waals surface area contributed by atoms with Gasteiger partial charge in [-0.25, -0.2) is 0 Å². The molecule has 0 heterocycles. The highest BCUT2D eigenvalue weighted by Gasteiger charge is 2.57. The molecule has 3 nitrogen and oxygen atoms in total. The van der Waals surface area contributed by atoms with Crippen LogP contribution in [0.4, 0.5) is 22.0 Å². The van der Waals surface area contributed by atoms with Gasteiger partial charge >= 0.3 is 12.1 Å². The van der Waals surface area contributed by atoms with E-state index in [9.17, 15) is 22.0 Å². The van der Waals surface area contributed by atoms with E-state index in [-0.39, 0.29) is 19.4 Å². The minimum Gasteiger partial charge on any atom is -0.375 e. The van der Waals surface area contributed by atoms with Crippen molar-refractivity contribution >= 4 is 0 Å². The number of nitriles is 1. The maximum atomic E-state index is 12.3. The lowest BCUT2D eigenvalue weighted by Crippen LogP contribution is -2.41. The van der Waals surface area contributed by atoms with Crippen molar-refractivity contribution in [1.29, 1.82) is 5.26 Å². The first-order valence-corrected chi connectivity index (χ1v) is 4.74. The summed E-state index contributed by atoms with van der Waals surface area (Å²) in [6.07, 6.45) is -5.32. The molecule has 0 saturated carbocycles. The van der Waals surface area contributed by atoms with Gasteiger partial charge in [-0.3, -0.25) is 0 Å². The minimum atomic E-state index is -5.61. The highest BCUT2D eigenvalue weighted by atomic mass is 19.4. The lowest BCUT2D eigenvalue weighted by atomic mass is 10.00. The second-order valence-electron chi connectivity index (χ2n) is 3.89. The molecule has 0 aliphatic rings. The van der Waals surface area contributed by atoms with E-state index in [0.29, 0.717) is 0 Å². The van der Waals surface area contributed by atoms with Crippen LogP contribution < -0.4 is 5.73 Å². The first kappa shape index (κ1) is 16.1. The monoisotopic (exact) mass is 260 g/mol. The van der Waals surface area contributed by atoms with Crippen molar-refractivity contribution in [2.75, 3.05) is 13.2 Å². The van der Waals surface area contributed by atoms with E-state index in [4.69, 9.17) is 11.0 Å². The molecule has 17 heavy (non-hydrogen) atoms. The van der Waals surface area contributed by atoms with Gasteiger partial charge in [0.15, 0.2) is 0 Å². The Balaban J connectivity index is 3.85. The summed E-state index contributed by atoms with van der Waals surface area (Å²) in [7, 11) is 0. The van der Waals surface area contributed by atoms with Crippen molar-refractivity contribution < 1.29 is 26.7 Å². The number of halogens is 5. The Hall–Kier alpha value is -0.940. The number of nitrogens with two attached hydrogens (primary N) is 1. The molecule has 0 rings (SSSR count). The lowest BCUT2D eigenvalue weighted by Gasteiger charge is -2.20. The molecule has 0 bridgehead atoms. The average Bonchev–Trinajstić information content (AvgIpc) is 2.15. The highest BCUT2D eigenvalue weighted by molar-refractivity contribution is 5.00. The van der Waals surface area contributed by atoms with Crippen LogP contribution >= 0.6 is 0 Å². The van der Waals surface area contributed by atoms with E-state index < -0.39 is 24.2 Å². The van der Waals surface area contributed by atoms with Crippen LogP contribution in [0.5, 0.6) is 0 Å². The fraction of sp³-hybridized carbons (Fsp3) is 0.889. The van der Waals surface area contributed by atoms with Gasteiger partial charge < -0.3 is 10.5 Å². The van der Waals surface area contributed by atoms with E-state index in [2.05, 4.69) is 4.74 Å². The summed E-state index contributed by atoms with van der Waals surface area (Å²) < 4.78 is 64.0. The predicted octanol–water partition coefficient (Wildman–Crippen LogP) is 2.22. The average molecular weight is 260 g/mol. The lowest BCUT2D eigenvalue weighted by molar-refractivity contribution is -0.296. The maximum absolute atomic E-state index is 12.3. The van der Waals surface area contributed by atoms with E-state index in [1.807, 2.05) is 0 Å². The topological polar surface area (TPSA) is 59.0 Å². The minimum absolute atomic E-state index is 0.133. The molecule has 0 aromatic heterocycles. The van der Waals surface area contributed by atoms with Crippen LogP contribution in [-0.2, 0) is 4.74 Å². The molecule has 8 heteroatoms. The summed E-state index contributed by atoms with van der Waals surface area (Å²) in [6, 6.07) is 1.77. The number of ether oxygens (including phenoxy) is 1. The fourth-order valence-corrected chi connectivity index (χ4v) is 0.880. The molecule has 0 fully saturated rings. The van der Waals surface area contributed by atoms with Crippen LogP contribution in [-0.4, -0.2) is 30.9 Å². The quantitative estimate of drug-likeness (QED) is 0.588. The summed E-state index contributed by atoms with van der Waals surface area (Å²) in [5.74, 6) is -4.85. The molecule has 0 aliphatic carbocycles. The first-order chi connectivity index (χ1) is 7.52. The number of nitrogens with zero attached hydrogens (tertiary/aromatic N) is 1. The second-order valence-corrected chi connectivity index (χ2v) is 3.89. The zero-order valence-electron chi connectivity index (χ0n) is 9.15. The summed E-state index contributed by atoms with van der Waals surface area (Å²) in [5, 5.41) is 8.50. The van der Waals surface area contributed by atoms with Crippen molar-refractivity contribution in [3.63, 3.8) is 0 Å². The third-order valence-electron chi connectivity index (χ3n) is 1.94. The Bertz CT molecular complexity index is 282. The molecular weight excluding hydrogens is 247 g/mol. The summed E-state index contributed by atoms with van der Waals surface area (Å²) in [4.78, 5) is 0. The van der Waals surface area contributed by atoms with E-state index in [1.54, 1.807) is 6.07 Å². The summed E-state index contributed by atoms with van der Waals surface area (Å²) >= 11 is 0. The van der Waals surface area contributed by atoms with Gasteiger partial charge in [0.2, 0.25) is 0 Å². The van der Waals surface area contributed by atoms with Gasteiger partial charge in [0.1, 0.15) is 12.1 Å². The third-order valence-corrected chi connectivity index (χ3v) is 1.94. The van der Waals surface area contributed by atoms with Crippen molar-refractivity contribution in [3.05, 3.63) is 0 Å². The van der Waals surface area contributed by atoms with Crippen molar-refractivity contribution in [3.8, 4) is 6.07 Å². The Morgan fingerprint density at radius 2 is 1.76 bits per heavy atom. The maximum Gasteiger partial charge on any atom is 0.455 e. The molecule has 0 spiro atoms. The molecule has 1 atom stereocenters. The third kappa shape index (κ3) is 5.79. The first-order valence-electron chi connectivity index (χ1n) is 4.74. The number of hydrogen-bond donors (Lipinski definition) is 1. The van der Waals surface area contributed by atoms with Gasteiger partial charge in [0.05, 0.1) is 6.07 Å². The van der Waals surface area contributed by atoms with E-state index in [1.165, 1.54) is 6.92 Å². The van der Waals surface area contributed by atoms with Crippen LogP contribution in [0, 0.1) is 11.3 Å².